The smallest absolute Gasteiger partial charge is 0.321 e. The summed E-state index contributed by atoms with van der Waals surface area (Å²) in [4.78, 5) is 16.7. The van der Waals surface area contributed by atoms with E-state index in [0.29, 0.717) is 5.92 Å². The van der Waals surface area contributed by atoms with Crippen molar-refractivity contribution in [1.29, 1.82) is 0 Å². The fourth-order valence-corrected chi connectivity index (χ4v) is 3.64. The SMILES string of the molecule is COCC1CCN(C(=O)Nc2ccc(N3CCCC3)c(C)c2)C1. The molecule has 1 aromatic carbocycles. The number of aryl methyl sites for hydroxylation is 1. The number of methoxy groups -OCH3 is 1. The Labute approximate surface area is 138 Å². The zero-order chi connectivity index (χ0) is 16.2. The van der Waals surface area contributed by atoms with Crippen LogP contribution in [0.2, 0.25) is 0 Å². The van der Waals surface area contributed by atoms with Crippen molar-refractivity contribution >= 4 is 17.4 Å². The molecule has 126 valence electrons. The van der Waals surface area contributed by atoms with Gasteiger partial charge in [0.1, 0.15) is 0 Å². The first kappa shape index (κ1) is 16.1. The highest BCUT2D eigenvalue weighted by Gasteiger charge is 2.26. The van der Waals surface area contributed by atoms with Gasteiger partial charge in [-0.15, -0.1) is 0 Å². The minimum absolute atomic E-state index is 0.00285. The second-order valence-corrected chi connectivity index (χ2v) is 6.68. The molecule has 0 bridgehead atoms. The van der Waals surface area contributed by atoms with Crippen LogP contribution < -0.4 is 10.2 Å². The minimum atomic E-state index is -0.00285. The monoisotopic (exact) mass is 317 g/mol. The Morgan fingerprint density at radius 1 is 1.30 bits per heavy atom. The largest absolute Gasteiger partial charge is 0.384 e. The van der Waals surface area contributed by atoms with E-state index in [1.54, 1.807) is 7.11 Å². The zero-order valence-corrected chi connectivity index (χ0v) is 14.2. The summed E-state index contributed by atoms with van der Waals surface area (Å²) in [5.41, 5.74) is 3.40. The molecule has 0 aromatic heterocycles. The Kier molecular flexibility index (Phi) is 5.06. The maximum atomic E-state index is 12.4. The van der Waals surface area contributed by atoms with Gasteiger partial charge in [-0.05, 0) is 49.9 Å². The van der Waals surface area contributed by atoms with Crippen LogP contribution in [0, 0.1) is 12.8 Å². The van der Waals surface area contributed by atoms with Crippen LogP contribution in [0.3, 0.4) is 0 Å². The Morgan fingerprint density at radius 3 is 2.78 bits per heavy atom. The number of nitrogens with one attached hydrogen (secondary N) is 1. The van der Waals surface area contributed by atoms with E-state index in [4.69, 9.17) is 4.74 Å². The molecular formula is C18H27N3O2. The Balaban J connectivity index is 1.59. The lowest BCUT2D eigenvalue weighted by Gasteiger charge is -2.22. The lowest BCUT2D eigenvalue weighted by Crippen LogP contribution is -2.33. The van der Waals surface area contributed by atoms with Crippen molar-refractivity contribution in [2.24, 2.45) is 5.92 Å². The lowest BCUT2D eigenvalue weighted by atomic mass is 10.1. The van der Waals surface area contributed by atoms with Crippen molar-refractivity contribution in [3.05, 3.63) is 23.8 Å². The number of likely N-dealkylation sites (tertiary alicyclic amines) is 1. The summed E-state index contributed by atoms with van der Waals surface area (Å²) in [5.74, 6) is 0.463. The molecule has 1 atom stereocenters. The first-order valence-corrected chi connectivity index (χ1v) is 8.58. The molecule has 1 unspecified atom stereocenters. The summed E-state index contributed by atoms with van der Waals surface area (Å²) in [6.07, 6.45) is 3.57. The van der Waals surface area contributed by atoms with E-state index < -0.39 is 0 Å². The average molecular weight is 317 g/mol. The molecule has 1 aromatic rings. The highest BCUT2D eigenvalue weighted by atomic mass is 16.5. The predicted octanol–water partition coefficient (Wildman–Crippen LogP) is 3.10. The third-order valence-corrected chi connectivity index (χ3v) is 4.87. The van der Waals surface area contributed by atoms with Gasteiger partial charge in [0.15, 0.2) is 0 Å². The van der Waals surface area contributed by atoms with E-state index in [-0.39, 0.29) is 6.03 Å². The quantitative estimate of drug-likeness (QED) is 0.928. The van der Waals surface area contributed by atoms with Gasteiger partial charge in [0, 0.05) is 50.6 Å². The van der Waals surface area contributed by atoms with Crippen molar-refractivity contribution in [3.8, 4) is 0 Å². The molecule has 5 heteroatoms. The molecule has 0 radical (unpaired) electrons. The van der Waals surface area contributed by atoms with Crippen molar-refractivity contribution < 1.29 is 9.53 Å². The van der Waals surface area contributed by atoms with Crippen molar-refractivity contribution in [1.82, 2.24) is 4.90 Å². The number of rotatable bonds is 4. The van der Waals surface area contributed by atoms with Gasteiger partial charge in [0.2, 0.25) is 0 Å². The second kappa shape index (κ2) is 7.21. The van der Waals surface area contributed by atoms with E-state index in [1.165, 1.54) is 24.1 Å². The fourth-order valence-electron chi connectivity index (χ4n) is 3.64. The Morgan fingerprint density at radius 2 is 2.09 bits per heavy atom. The molecule has 0 saturated carbocycles. The molecule has 2 amide bonds. The second-order valence-electron chi connectivity index (χ2n) is 6.68. The molecule has 5 nitrogen and oxygen atoms in total. The third-order valence-electron chi connectivity index (χ3n) is 4.87. The molecule has 23 heavy (non-hydrogen) atoms. The topological polar surface area (TPSA) is 44.8 Å². The maximum absolute atomic E-state index is 12.4. The molecule has 2 aliphatic heterocycles. The number of hydrogen-bond donors (Lipinski definition) is 1. The molecular weight excluding hydrogens is 290 g/mol. The summed E-state index contributed by atoms with van der Waals surface area (Å²) < 4.78 is 5.19. The van der Waals surface area contributed by atoms with Crippen LogP contribution in [0.15, 0.2) is 18.2 Å². The molecule has 2 saturated heterocycles. The summed E-state index contributed by atoms with van der Waals surface area (Å²) >= 11 is 0. The predicted molar refractivity (Wildman–Crippen MR) is 93.2 cm³/mol. The van der Waals surface area contributed by atoms with Gasteiger partial charge in [-0.2, -0.15) is 0 Å². The number of hydrogen-bond acceptors (Lipinski definition) is 3. The van der Waals surface area contributed by atoms with Gasteiger partial charge in [-0.1, -0.05) is 0 Å². The molecule has 0 aliphatic carbocycles. The van der Waals surface area contributed by atoms with Crippen LogP contribution in [0.25, 0.3) is 0 Å². The zero-order valence-electron chi connectivity index (χ0n) is 14.2. The van der Waals surface area contributed by atoms with Crippen LogP contribution >= 0.6 is 0 Å². The lowest BCUT2D eigenvalue weighted by molar-refractivity contribution is 0.154. The first-order chi connectivity index (χ1) is 11.2. The molecule has 1 N–H and O–H groups in total. The van der Waals surface area contributed by atoms with Gasteiger partial charge in [0.25, 0.3) is 0 Å². The number of urea groups is 1. The highest BCUT2D eigenvalue weighted by Crippen LogP contribution is 2.27. The Hall–Kier alpha value is -1.75. The van der Waals surface area contributed by atoms with Crippen molar-refractivity contribution in [3.63, 3.8) is 0 Å². The van der Waals surface area contributed by atoms with Gasteiger partial charge in [0.05, 0.1) is 6.61 Å². The van der Waals surface area contributed by atoms with E-state index in [0.717, 1.165) is 44.9 Å². The van der Waals surface area contributed by atoms with Crippen LogP contribution in [-0.4, -0.2) is 50.8 Å². The standard InChI is InChI=1S/C18H27N3O2/c1-14-11-16(5-6-17(14)20-8-3-4-9-20)19-18(22)21-10-7-15(12-21)13-23-2/h5-6,11,15H,3-4,7-10,12-13H2,1-2H3,(H,19,22). The Bertz CT molecular complexity index is 555. The number of carbonyl (C=O) groups is 1. The van der Waals surface area contributed by atoms with E-state index in [9.17, 15) is 4.79 Å². The third kappa shape index (κ3) is 3.78. The summed E-state index contributed by atoms with van der Waals surface area (Å²) in [7, 11) is 1.72. The number of nitrogens with zero attached hydrogens (tertiary/aromatic N) is 2. The van der Waals surface area contributed by atoms with E-state index in [1.807, 2.05) is 11.0 Å². The van der Waals surface area contributed by atoms with Gasteiger partial charge in [-0.25, -0.2) is 4.79 Å². The molecule has 0 spiro atoms. The van der Waals surface area contributed by atoms with Gasteiger partial charge < -0.3 is 19.9 Å². The maximum Gasteiger partial charge on any atom is 0.321 e. The fraction of sp³-hybridized carbons (Fsp3) is 0.611. The summed E-state index contributed by atoms with van der Waals surface area (Å²) in [5, 5.41) is 3.03. The van der Waals surface area contributed by atoms with Crippen molar-refractivity contribution in [2.45, 2.75) is 26.2 Å². The molecule has 2 fully saturated rings. The highest BCUT2D eigenvalue weighted by molar-refractivity contribution is 5.90. The first-order valence-electron chi connectivity index (χ1n) is 8.58. The van der Waals surface area contributed by atoms with Crippen LogP contribution in [0.1, 0.15) is 24.8 Å². The minimum Gasteiger partial charge on any atom is -0.384 e. The summed E-state index contributed by atoms with van der Waals surface area (Å²) in [6, 6.07) is 6.22. The van der Waals surface area contributed by atoms with Crippen LogP contribution in [0.5, 0.6) is 0 Å². The molecule has 2 heterocycles. The summed E-state index contributed by atoms with van der Waals surface area (Å²) in [6.45, 7) is 6.72. The molecule has 2 aliphatic rings. The number of benzene rings is 1. The van der Waals surface area contributed by atoms with Crippen LogP contribution in [0.4, 0.5) is 16.2 Å². The van der Waals surface area contributed by atoms with Gasteiger partial charge >= 0.3 is 6.03 Å². The number of carbonyl (C=O) groups excluding carboxylic acids is 1. The van der Waals surface area contributed by atoms with Crippen LogP contribution in [-0.2, 0) is 4.74 Å². The number of anilines is 2. The number of amides is 2. The van der Waals surface area contributed by atoms with Gasteiger partial charge in [-0.3, -0.25) is 0 Å². The van der Waals surface area contributed by atoms with E-state index in [2.05, 4.69) is 29.3 Å². The van der Waals surface area contributed by atoms with E-state index >= 15 is 0 Å². The molecule has 3 rings (SSSR count). The number of ether oxygens (including phenoxy) is 1. The normalized spacial score (nSPS) is 21.0. The van der Waals surface area contributed by atoms with Crippen molar-refractivity contribution in [2.75, 3.05) is 50.1 Å². The average Bonchev–Trinajstić information content (AvgIpc) is 3.19.